The van der Waals surface area contributed by atoms with E-state index in [1.165, 1.54) is 150 Å². The zero-order valence-corrected chi connectivity index (χ0v) is 62.1. The normalized spacial score (nSPS) is 25.1. The van der Waals surface area contributed by atoms with Crippen LogP contribution in [-0.4, -0.2) is 17.6 Å². The molecule has 2 saturated heterocycles. The Balaban J connectivity index is 1.17. The number of hydrogen-bond acceptors (Lipinski definition) is 4. The van der Waals surface area contributed by atoms with Gasteiger partial charge in [0.05, 0.1) is 0 Å². The van der Waals surface area contributed by atoms with Gasteiger partial charge in [-0.3, -0.25) is 0 Å². The number of allylic oxidation sites excluding steroid dienone is 4. The summed E-state index contributed by atoms with van der Waals surface area (Å²) in [5.41, 5.74) is 25.5. The molecule has 4 aliphatic carbocycles. The molecule has 0 saturated carbocycles. The van der Waals surface area contributed by atoms with Gasteiger partial charge in [0, 0.05) is 0 Å². The summed E-state index contributed by atoms with van der Waals surface area (Å²) in [5, 5.41) is 0. The van der Waals surface area contributed by atoms with Crippen LogP contribution >= 0.6 is 62.5 Å². The number of hydrogen-bond donors (Lipinski definition) is 0. The first-order valence-electron chi connectivity index (χ1n) is 31.9. The summed E-state index contributed by atoms with van der Waals surface area (Å²) in [5.74, 6) is 0. The fourth-order valence-corrected chi connectivity index (χ4v) is 193. The molecule has 18 rings (SSSR count). The van der Waals surface area contributed by atoms with Crippen LogP contribution in [0, 0.1) is 27.7 Å². The molecule has 8 aromatic carbocycles. The van der Waals surface area contributed by atoms with E-state index < -0.39 is 43.4 Å². The molecule has 12 aromatic rings. The van der Waals surface area contributed by atoms with E-state index in [4.69, 9.17) is 0 Å². The van der Waals surface area contributed by atoms with Crippen molar-refractivity contribution in [2.45, 2.75) is 52.0 Å². The topological polar surface area (TPSA) is 0 Å². The average molecular weight is 1480 g/mol. The van der Waals surface area contributed by atoms with Crippen molar-refractivity contribution in [1.29, 1.82) is 0 Å². The number of benzene rings is 8. The summed E-state index contributed by atoms with van der Waals surface area (Å²) < 4.78 is -3.57. The van der Waals surface area contributed by atoms with Gasteiger partial charge in [-0.15, -0.1) is 0 Å². The van der Waals surface area contributed by atoms with E-state index >= 15 is 0 Å². The van der Waals surface area contributed by atoms with Gasteiger partial charge in [-0.25, -0.2) is 0 Å². The molecule has 0 radical (unpaired) electrons. The average Bonchev–Trinajstić information content (AvgIpc) is 1.52. The molecule has 2 aliphatic heterocycles. The van der Waals surface area contributed by atoms with Crippen LogP contribution in [0.1, 0.15) is 83.5 Å². The molecule has 2 fully saturated rings. The van der Waals surface area contributed by atoms with Gasteiger partial charge >= 0.3 is 564 Å². The second-order valence-electron chi connectivity index (χ2n) is 26.7. The van der Waals surface area contributed by atoms with Gasteiger partial charge in [0.15, 0.2) is 0 Å². The molecule has 4 atom stereocenters. The van der Waals surface area contributed by atoms with Crippen LogP contribution in [0.3, 0.4) is 0 Å². The van der Waals surface area contributed by atoms with Gasteiger partial charge in [-0.2, -0.15) is 0 Å². The minimum atomic E-state index is -8.39. The Morgan fingerprint density at radius 2 is 0.495 bits per heavy atom. The summed E-state index contributed by atoms with van der Waals surface area (Å²) in [6, 6.07) is 93.5. The summed E-state index contributed by atoms with van der Waals surface area (Å²) in [7, 11) is 18.4. The fourth-order valence-electron chi connectivity index (χ4n) is 21.3. The molecule has 6 heterocycles. The number of rotatable bonds is 8. The predicted octanol–water partition coefficient (Wildman–Crippen LogP) is 23.4. The third-order valence-electron chi connectivity index (χ3n) is 23.5. The number of halogens is 2. The molecule has 442 valence electrons. The molecule has 4 aromatic heterocycles. The number of fused-ring (bicyclic) bond motifs is 12. The standard InChI is InChI=1S/2C41H32S2Si.2ClH.Hf/c2*1-26-20-22-38(42-26)36-24-34-30(28-12-6-4-7-13-28)16-10-18-32(34)40(36)44(3)41-33-19-11-17-31(29-14-8-5-9-15-29)35(33)25-37(41)39-23-21-27(2)43-39;;;/h2*4-25,44H,1-3H3;2*1H;/q;;;;+2/p-2. The third-order valence-corrected chi connectivity index (χ3v) is 142. The van der Waals surface area contributed by atoms with Crippen LogP contribution < -0.4 is 0 Å². The van der Waals surface area contributed by atoms with E-state index in [2.05, 4.69) is 308 Å². The number of thiophene rings is 4. The van der Waals surface area contributed by atoms with Crippen LogP contribution in [0.2, 0.25) is 13.1 Å². The summed E-state index contributed by atoms with van der Waals surface area (Å²) >= 11 is -0.639. The summed E-state index contributed by atoms with van der Waals surface area (Å²) in [6.45, 7) is 14.8. The minimum absolute atomic E-state index is 0.892. The van der Waals surface area contributed by atoms with Crippen molar-refractivity contribution in [2.75, 3.05) is 0 Å². The second kappa shape index (κ2) is 19.5. The van der Waals surface area contributed by atoms with Gasteiger partial charge in [0.1, 0.15) is 0 Å². The maximum atomic E-state index is 12.0. The Bertz CT molecular complexity index is 4600. The first-order chi connectivity index (χ1) is 44.2. The third kappa shape index (κ3) is 6.25. The summed E-state index contributed by atoms with van der Waals surface area (Å²) in [4.78, 5) is 10.2. The molecule has 0 nitrogen and oxygen atoms in total. The molecular formula is C82H64Cl2HfS4Si2. The van der Waals surface area contributed by atoms with Gasteiger partial charge in [-0.05, 0) is 0 Å². The molecule has 4 unspecified atom stereocenters. The second-order valence-corrected chi connectivity index (χ2v) is 86.2. The van der Waals surface area contributed by atoms with Crippen LogP contribution in [-0.2, 0) is 25.8 Å². The first kappa shape index (κ1) is 57.1. The van der Waals surface area contributed by atoms with Gasteiger partial charge in [0.25, 0.3) is 0 Å². The molecule has 0 amide bonds. The molecule has 0 N–H and O–H groups in total. The molecule has 0 bridgehead atoms. The molecule has 6 aliphatic rings. The molecular weight excluding hydrogens is 1420 g/mol. The van der Waals surface area contributed by atoms with Gasteiger partial charge in [0.2, 0.25) is 0 Å². The van der Waals surface area contributed by atoms with Crippen molar-refractivity contribution in [2.24, 2.45) is 0 Å². The van der Waals surface area contributed by atoms with E-state index in [-0.39, 0.29) is 0 Å². The fraction of sp³-hybridized carbons (Fsp3) is 0.122. The SMILES string of the molecule is Cc1ccc(C2=Cc3c(-c4ccccc4)cccc3[C]23[SiH](C)[C]2(C(c4ccc(C)s4)=Cc4c(-c5ccccc5)cccc42)[Hf]32([Cl])([Cl])[C]3(C(c4ccc(C)s4)=Cc4c(-c5ccccc5)cccc43)[SiH](C)[C]23C(c2ccc(C)s2)=Cc2c(-c4ccccc4)cccc23)s1. The Morgan fingerprint density at radius 1 is 0.275 bits per heavy atom. The van der Waals surface area contributed by atoms with Crippen LogP contribution in [0.15, 0.2) is 243 Å². The molecule has 9 heteroatoms. The van der Waals surface area contributed by atoms with Crippen molar-refractivity contribution in [3.8, 4) is 44.5 Å². The Morgan fingerprint density at radius 3 is 0.692 bits per heavy atom. The Hall–Kier alpha value is -6.60. The van der Waals surface area contributed by atoms with E-state index in [1.807, 2.05) is 45.3 Å². The predicted molar refractivity (Wildman–Crippen MR) is 400 cm³/mol. The Kier molecular flexibility index (Phi) is 12.2. The zero-order chi connectivity index (χ0) is 61.7. The quantitative estimate of drug-likeness (QED) is 0.133. The van der Waals surface area contributed by atoms with E-state index in [9.17, 15) is 17.2 Å². The molecule has 5 spiro atoms. The van der Waals surface area contributed by atoms with Crippen LogP contribution in [0.25, 0.3) is 91.1 Å². The van der Waals surface area contributed by atoms with Crippen molar-refractivity contribution in [3.63, 3.8) is 0 Å². The van der Waals surface area contributed by atoms with Gasteiger partial charge in [-0.1, -0.05) is 0 Å². The first-order valence-corrected chi connectivity index (χ1v) is 55.9. The van der Waals surface area contributed by atoms with Crippen LogP contribution in [0.4, 0.5) is 0 Å². The van der Waals surface area contributed by atoms with E-state index in [0.717, 1.165) is 0 Å². The zero-order valence-electron chi connectivity index (χ0n) is 51.4. The van der Waals surface area contributed by atoms with Crippen molar-refractivity contribution in [1.82, 2.24) is 0 Å². The van der Waals surface area contributed by atoms with E-state index in [0.29, 0.717) is 0 Å². The van der Waals surface area contributed by atoms with Crippen molar-refractivity contribution in [3.05, 3.63) is 326 Å². The maximum absolute atomic E-state index is 12.0. The number of aryl methyl sites for hydroxylation is 4. The van der Waals surface area contributed by atoms with Gasteiger partial charge < -0.3 is 0 Å². The summed E-state index contributed by atoms with van der Waals surface area (Å²) in [6.07, 6.45) is 10.8. The van der Waals surface area contributed by atoms with Crippen molar-refractivity contribution >= 4 is 127 Å². The Labute approximate surface area is 558 Å². The molecule has 91 heavy (non-hydrogen) atoms. The monoisotopic (exact) mass is 1480 g/mol. The van der Waals surface area contributed by atoms with E-state index in [1.54, 1.807) is 0 Å². The van der Waals surface area contributed by atoms with Crippen molar-refractivity contribution < 1.29 is 14.7 Å². The van der Waals surface area contributed by atoms with Crippen LogP contribution in [0.5, 0.6) is 0 Å².